The number of carbonyl (C=O) groups excluding carboxylic acids is 3. The van der Waals surface area contributed by atoms with Crippen LogP contribution < -0.4 is 14.5 Å². The number of nitrogens with zero attached hydrogens (tertiary/aromatic N) is 3. The van der Waals surface area contributed by atoms with E-state index in [1.54, 1.807) is 48.6 Å². The number of ether oxygens (including phenoxy) is 2. The van der Waals surface area contributed by atoms with Crippen LogP contribution in [0.5, 0.6) is 5.75 Å². The SMILES string of the molecule is COc1ccc(C2C(C(=O)N3CC(C)N(C(=O)OC(C)(C)C)Cc4ccc(F)cc43)CCC(=O)N2c2ccc(C)cc2)cc1. The zero-order valence-electron chi connectivity index (χ0n) is 26.2. The lowest BCUT2D eigenvalue weighted by atomic mass is 9.82. The highest BCUT2D eigenvalue weighted by molar-refractivity contribution is 6.02. The average molecular weight is 602 g/mol. The summed E-state index contributed by atoms with van der Waals surface area (Å²) in [6, 6.07) is 18.3. The molecule has 0 aliphatic carbocycles. The fourth-order valence-electron chi connectivity index (χ4n) is 6.04. The lowest BCUT2D eigenvalue weighted by Gasteiger charge is -2.42. The Morgan fingerprint density at radius 1 is 0.977 bits per heavy atom. The molecule has 1 saturated heterocycles. The molecule has 232 valence electrons. The number of hydrogen-bond acceptors (Lipinski definition) is 5. The minimum atomic E-state index is -0.704. The Kier molecular flexibility index (Phi) is 8.68. The first-order chi connectivity index (χ1) is 20.9. The summed E-state index contributed by atoms with van der Waals surface area (Å²) in [4.78, 5) is 46.5. The van der Waals surface area contributed by atoms with Crippen LogP contribution >= 0.6 is 0 Å². The second-order valence-electron chi connectivity index (χ2n) is 12.6. The molecule has 2 heterocycles. The number of rotatable bonds is 4. The van der Waals surface area contributed by atoms with Crippen LogP contribution in [-0.2, 0) is 20.9 Å². The summed E-state index contributed by atoms with van der Waals surface area (Å²) in [6.45, 7) is 9.54. The average Bonchev–Trinajstić information content (AvgIpc) is 3.12. The number of halogens is 1. The van der Waals surface area contributed by atoms with Gasteiger partial charge in [0.15, 0.2) is 0 Å². The highest BCUT2D eigenvalue weighted by Crippen LogP contribution is 2.43. The third-order valence-electron chi connectivity index (χ3n) is 8.24. The van der Waals surface area contributed by atoms with Crippen molar-refractivity contribution in [3.8, 4) is 5.75 Å². The van der Waals surface area contributed by atoms with Crippen LogP contribution in [0.3, 0.4) is 0 Å². The Morgan fingerprint density at radius 3 is 2.30 bits per heavy atom. The number of hydrogen-bond donors (Lipinski definition) is 0. The molecule has 1 fully saturated rings. The minimum Gasteiger partial charge on any atom is -0.497 e. The third kappa shape index (κ3) is 6.42. The van der Waals surface area contributed by atoms with Gasteiger partial charge in [-0.2, -0.15) is 0 Å². The van der Waals surface area contributed by atoms with Crippen LogP contribution in [0.4, 0.5) is 20.6 Å². The van der Waals surface area contributed by atoms with Gasteiger partial charge >= 0.3 is 6.09 Å². The summed E-state index contributed by atoms with van der Waals surface area (Å²) in [7, 11) is 1.59. The van der Waals surface area contributed by atoms with E-state index >= 15 is 0 Å². The predicted molar refractivity (Wildman–Crippen MR) is 167 cm³/mol. The topological polar surface area (TPSA) is 79.4 Å². The zero-order valence-corrected chi connectivity index (χ0v) is 26.2. The molecule has 0 radical (unpaired) electrons. The van der Waals surface area contributed by atoms with Crippen molar-refractivity contribution in [1.29, 1.82) is 0 Å². The normalized spacial score (nSPS) is 20.6. The van der Waals surface area contributed by atoms with Crippen LogP contribution in [0.2, 0.25) is 0 Å². The van der Waals surface area contributed by atoms with E-state index in [1.807, 2.05) is 62.4 Å². The summed E-state index contributed by atoms with van der Waals surface area (Å²) in [6.07, 6.45) is 0.00192. The van der Waals surface area contributed by atoms with E-state index in [2.05, 4.69) is 0 Å². The maximum Gasteiger partial charge on any atom is 0.410 e. The molecular weight excluding hydrogens is 561 g/mol. The molecule has 3 amide bonds. The molecule has 0 spiro atoms. The van der Waals surface area contributed by atoms with E-state index in [4.69, 9.17) is 9.47 Å². The van der Waals surface area contributed by atoms with Gasteiger partial charge in [0.05, 0.1) is 37.3 Å². The van der Waals surface area contributed by atoms with Crippen molar-refractivity contribution in [1.82, 2.24) is 4.90 Å². The number of carbonyl (C=O) groups is 3. The summed E-state index contributed by atoms with van der Waals surface area (Å²) in [5.74, 6) is -0.773. The number of methoxy groups -OCH3 is 1. The van der Waals surface area contributed by atoms with Crippen molar-refractivity contribution in [2.75, 3.05) is 23.5 Å². The molecule has 3 unspecified atom stereocenters. The fraction of sp³-hybridized carbons (Fsp3) is 0.400. The highest BCUT2D eigenvalue weighted by Gasteiger charge is 2.45. The number of anilines is 2. The van der Waals surface area contributed by atoms with Crippen molar-refractivity contribution in [2.45, 2.75) is 71.7 Å². The zero-order chi connectivity index (χ0) is 31.8. The van der Waals surface area contributed by atoms with Gasteiger partial charge in [0.25, 0.3) is 0 Å². The molecule has 44 heavy (non-hydrogen) atoms. The Labute approximate surface area is 258 Å². The first-order valence-electron chi connectivity index (χ1n) is 15.0. The summed E-state index contributed by atoms with van der Waals surface area (Å²) in [5.41, 5.74) is 2.89. The van der Waals surface area contributed by atoms with Crippen molar-refractivity contribution >= 4 is 29.3 Å². The van der Waals surface area contributed by atoms with E-state index in [9.17, 15) is 18.8 Å². The van der Waals surface area contributed by atoms with Gasteiger partial charge in [-0.15, -0.1) is 0 Å². The number of aryl methyl sites for hydroxylation is 1. The van der Waals surface area contributed by atoms with E-state index in [-0.39, 0.29) is 31.3 Å². The molecular formula is C35H40FN3O5. The van der Waals surface area contributed by atoms with Crippen molar-refractivity contribution < 1.29 is 28.2 Å². The second kappa shape index (κ2) is 12.3. The largest absolute Gasteiger partial charge is 0.497 e. The van der Waals surface area contributed by atoms with Gasteiger partial charge in [-0.05, 0) is 88.6 Å². The smallest absolute Gasteiger partial charge is 0.410 e. The molecule has 2 aliphatic rings. The Bertz CT molecular complexity index is 1530. The first kappa shape index (κ1) is 31.0. The molecule has 3 aromatic carbocycles. The predicted octanol–water partition coefficient (Wildman–Crippen LogP) is 6.80. The quantitative estimate of drug-likeness (QED) is 0.329. The Hall–Kier alpha value is -4.40. The van der Waals surface area contributed by atoms with E-state index < -0.39 is 35.5 Å². The monoisotopic (exact) mass is 601 g/mol. The maximum absolute atomic E-state index is 14.8. The molecule has 3 aromatic rings. The summed E-state index contributed by atoms with van der Waals surface area (Å²) >= 11 is 0. The number of fused-ring (bicyclic) bond motifs is 1. The number of benzene rings is 3. The molecule has 0 aromatic heterocycles. The molecule has 2 aliphatic heterocycles. The van der Waals surface area contributed by atoms with Gasteiger partial charge < -0.3 is 19.3 Å². The molecule has 9 heteroatoms. The van der Waals surface area contributed by atoms with Gasteiger partial charge in [-0.25, -0.2) is 9.18 Å². The Morgan fingerprint density at radius 2 is 1.66 bits per heavy atom. The van der Waals surface area contributed by atoms with Gasteiger partial charge in [0.2, 0.25) is 11.8 Å². The molecule has 5 rings (SSSR count). The first-order valence-corrected chi connectivity index (χ1v) is 15.0. The minimum absolute atomic E-state index is 0.0782. The molecule has 3 atom stereocenters. The van der Waals surface area contributed by atoms with E-state index in [0.717, 1.165) is 11.1 Å². The lowest BCUT2D eigenvalue weighted by molar-refractivity contribution is -0.127. The summed E-state index contributed by atoms with van der Waals surface area (Å²) < 4.78 is 25.8. The van der Waals surface area contributed by atoms with Gasteiger partial charge in [-0.1, -0.05) is 35.9 Å². The van der Waals surface area contributed by atoms with Crippen LogP contribution in [-0.4, -0.2) is 48.1 Å². The number of piperidine rings is 1. The molecule has 0 bridgehead atoms. The van der Waals surface area contributed by atoms with Gasteiger partial charge in [0.1, 0.15) is 17.2 Å². The van der Waals surface area contributed by atoms with Gasteiger partial charge in [0, 0.05) is 18.7 Å². The maximum atomic E-state index is 14.8. The van der Waals surface area contributed by atoms with Crippen LogP contribution in [0.1, 0.15) is 63.3 Å². The van der Waals surface area contributed by atoms with Crippen molar-refractivity contribution in [3.63, 3.8) is 0 Å². The van der Waals surface area contributed by atoms with Crippen LogP contribution in [0.15, 0.2) is 66.7 Å². The summed E-state index contributed by atoms with van der Waals surface area (Å²) in [5, 5.41) is 0. The molecule has 8 nitrogen and oxygen atoms in total. The van der Waals surface area contributed by atoms with Gasteiger partial charge in [-0.3, -0.25) is 14.5 Å². The van der Waals surface area contributed by atoms with E-state index in [1.165, 1.54) is 12.1 Å². The number of amides is 3. The van der Waals surface area contributed by atoms with E-state index in [0.29, 0.717) is 29.1 Å². The van der Waals surface area contributed by atoms with Crippen LogP contribution in [0, 0.1) is 18.7 Å². The second-order valence-corrected chi connectivity index (χ2v) is 12.6. The highest BCUT2D eigenvalue weighted by atomic mass is 19.1. The fourth-order valence-corrected chi connectivity index (χ4v) is 6.04. The van der Waals surface area contributed by atoms with Crippen LogP contribution in [0.25, 0.3) is 0 Å². The standard InChI is InChI=1S/C35H40FN3O5/c1-22-7-13-27(14-8-22)39-31(40)18-17-29(32(39)24-10-15-28(43-6)16-11-24)33(41)38-20-23(2)37(34(42)44-35(3,4)5)21-25-9-12-26(36)19-30(25)38/h7-16,19,23,29,32H,17-18,20-21H2,1-6H3. The Balaban J connectivity index is 1.58. The molecule has 0 N–H and O–H groups in total. The van der Waals surface area contributed by atoms with Crippen molar-refractivity contribution in [3.05, 3.63) is 89.2 Å². The lowest BCUT2D eigenvalue weighted by Crippen LogP contribution is -2.51. The third-order valence-corrected chi connectivity index (χ3v) is 8.24. The molecule has 0 saturated carbocycles. The van der Waals surface area contributed by atoms with Crippen molar-refractivity contribution in [2.24, 2.45) is 5.92 Å².